The summed E-state index contributed by atoms with van der Waals surface area (Å²) in [5.74, 6) is 4.95. The number of hydrazine groups is 1. The molecule has 0 aromatic heterocycles. The maximum Gasteiger partial charge on any atom is 0.265 e. The van der Waals surface area contributed by atoms with Crippen LogP contribution in [0.2, 0.25) is 0 Å². The predicted molar refractivity (Wildman–Crippen MR) is 69.3 cm³/mol. The van der Waals surface area contributed by atoms with Crippen LogP contribution in [-0.4, -0.2) is 23.4 Å². The van der Waals surface area contributed by atoms with Gasteiger partial charge in [0.2, 0.25) is 0 Å². The van der Waals surface area contributed by atoms with E-state index in [9.17, 15) is 4.79 Å². The molecule has 4 nitrogen and oxygen atoms in total. The van der Waals surface area contributed by atoms with Gasteiger partial charge in [-0.2, -0.15) is 0 Å². The van der Waals surface area contributed by atoms with Crippen LogP contribution >= 0.6 is 0 Å². The van der Waals surface area contributed by atoms with Gasteiger partial charge in [-0.05, 0) is 32.0 Å². The number of amides is 1. The highest BCUT2D eigenvalue weighted by Gasteiger charge is 2.13. The van der Waals surface area contributed by atoms with E-state index in [-0.39, 0.29) is 5.91 Å². The van der Waals surface area contributed by atoms with E-state index in [0.29, 0.717) is 11.6 Å². The zero-order chi connectivity index (χ0) is 12.8. The SMILES string of the molecule is CCN(Cc1ccccc1C(=O)NN)C(C)C. The van der Waals surface area contributed by atoms with Gasteiger partial charge >= 0.3 is 0 Å². The Morgan fingerprint density at radius 2 is 2.06 bits per heavy atom. The minimum atomic E-state index is -0.236. The number of hydrogen-bond acceptors (Lipinski definition) is 3. The second kappa shape index (κ2) is 6.37. The van der Waals surface area contributed by atoms with E-state index in [2.05, 4.69) is 31.1 Å². The third-order valence-corrected chi connectivity index (χ3v) is 2.90. The molecule has 1 amide bonds. The molecule has 0 unspecified atom stereocenters. The summed E-state index contributed by atoms with van der Waals surface area (Å²) in [6, 6.07) is 8.01. The Morgan fingerprint density at radius 3 is 2.59 bits per heavy atom. The molecule has 0 saturated heterocycles. The number of rotatable bonds is 5. The monoisotopic (exact) mass is 235 g/mol. The molecule has 4 heteroatoms. The topological polar surface area (TPSA) is 58.4 Å². The highest BCUT2D eigenvalue weighted by Crippen LogP contribution is 2.13. The van der Waals surface area contributed by atoms with Crippen molar-refractivity contribution in [3.8, 4) is 0 Å². The Labute approximate surface area is 103 Å². The van der Waals surface area contributed by atoms with Gasteiger partial charge in [-0.3, -0.25) is 15.1 Å². The Kier molecular flexibility index (Phi) is 5.12. The summed E-state index contributed by atoms with van der Waals surface area (Å²) in [7, 11) is 0. The van der Waals surface area contributed by atoms with Crippen molar-refractivity contribution in [3.05, 3.63) is 35.4 Å². The van der Waals surface area contributed by atoms with Crippen molar-refractivity contribution in [2.75, 3.05) is 6.54 Å². The average molecular weight is 235 g/mol. The fourth-order valence-electron chi connectivity index (χ4n) is 1.84. The van der Waals surface area contributed by atoms with Crippen molar-refractivity contribution in [2.24, 2.45) is 5.84 Å². The van der Waals surface area contributed by atoms with Crippen LogP contribution in [-0.2, 0) is 6.54 Å². The lowest BCUT2D eigenvalue weighted by molar-refractivity contribution is 0.0951. The van der Waals surface area contributed by atoms with Crippen LogP contribution in [0.15, 0.2) is 24.3 Å². The zero-order valence-electron chi connectivity index (χ0n) is 10.7. The minimum Gasteiger partial charge on any atom is -0.297 e. The first-order chi connectivity index (χ1) is 8.10. The zero-order valence-corrected chi connectivity index (χ0v) is 10.7. The van der Waals surface area contributed by atoms with Crippen LogP contribution in [0.5, 0.6) is 0 Å². The standard InChI is InChI=1S/C13H21N3O/c1-4-16(10(2)3)9-11-7-5-6-8-12(11)13(17)15-14/h5-8,10H,4,9,14H2,1-3H3,(H,15,17). The highest BCUT2D eigenvalue weighted by molar-refractivity contribution is 5.95. The molecule has 17 heavy (non-hydrogen) atoms. The van der Waals surface area contributed by atoms with Crippen LogP contribution in [0.3, 0.4) is 0 Å². The largest absolute Gasteiger partial charge is 0.297 e. The molecule has 0 fully saturated rings. The fraction of sp³-hybridized carbons (Fsp3) is 0.462. The predicted octanol–water partition coefficient (Wildman–Crippen LogP) is 1.52. The Bertz CT molecular complexity index is 377. The van der Waals surface area contributed by atoms with Gasteiger partial charge in [0.15, 0.2) is 0 Å². The Balaban J connectivity index is 2.93. The van der Waals surface area contributed by atoms with Crippen molar-refractivity contribution >= 4 is 5.91 Å². The number of benzene rings is 1. The van der Waals surface area contributed by atoms with Crippen LogP contribution in [0.4, 0.5) is 0 Å². The lowest BCUT2D eigenvalue weighted by atomic mass is 10.1. The molecule has 1 aromatic rings. The van der Waals surface area contributed by atoms with Gasteiger partial charge in [0.1, 0.15) is 0 Å². The molecule has 0 aliphatic carbocycles. The van der Waals surface area contributed by atoms with Crippen molar-refractivity contribution < 1.29 is 4.79 Å². The Hall–Kier alpha value is -1.39. The number of carbonyl (C=O) groups is 1. The summed E-state index contributed by atoms with van der Waals surface area (Å²) in [5, 5.41) is 0. The number of nitrogens with two attached hydrogens (primary N) is 1. The van der Waals surface area contributed by atoms with E-state index in [1.54, 1.807) is 6.07 Å². The molecular formula is C13H21N3O. The van der Waals surface area contributed by atoms with Gasteiger partial charge in [-0.1, -0.05) is 25.1 Å². The van der Waals surface area contributed by atoms with Gasteiger partial charge in [-0.25, -0.2) is 5.84 Å². The maximum atomic E-state index is 11.6. The quantitative estimate of drug-likeness (QED) is 0.462. The van der Waals surface area contributed by atoms with Gasteiger partial charge in [-0.15, -0.1) is 0 Å². The van der Waals surface area contributed by atoms with Crippen molar-refractivity contribution in [2.45, 2.75) is 33.4 Å². The Morgan fingerprint density at radius 1 is 1.41 bits per heavy atom. The van der Waals surface area contributed by atoms with Gasteiger partial charge in [0, 0.05) is 18.2 Å². The third kappa shape index (κ3) is 3.54. The molecule has 0 aliphatic rings. The molecule has 94 valence electrons. The second-order valence-corrected chi connectivity index (χ2v) is 4.29. The maximum absolute atomic E-state index is 11.6. The molecule has 0 atom stereocenters. The summed E-state index contributed by atoms with van der Waals surface area (Å²) in [5.41, 5.74) is 3.84. The molecule has 1 aromatic carbocycles. The van der Waals surface area contributed by atoms with Crippen molar-refractivity contribution in [3.63, 3.8) is 0 Å². The third-order valence-electron chi connectivity index (χ3n) is 2.90. The lowest BCUT2D eigenvalue weighted by Gasteiger charge is -2.25. The van der Waals surface area contributed by atoms with Gasteiger partial charge < -0.3 is 0 Å². The first-order valence-corrected chi connectivity index (χ1v) is 5.93. The van der Waals surface area contributed by atoms with Crippen molar-refractivity contribution in [1.29, 1.82) is 0 Å². The second-order valence-electron chi connectivity index (χ2n) is 4.29. The van der Waals surface area contributed by atoms with E-state index in [1.807, 2.05) is 18.2 Å². The summed E-state index contributed by atoms with van der Waals surface area (Å²) in [4.78, 5) is 13.9. The minimum absolute atomic E-state index is 0.236. The first-order valence-electron chi connectivity index (χ1n) is 5.93. The van der Waals surface area contributed by atoms with Crippen LogP contribution in [0, 0.1) is 0 Å². The smallest absolute Gasteiger partial charge is 0.265 e. The first kappa shape index (κ1) is 13.7. The van der Waals surface area contributed by atoms with Crippen LogP contribution in [0.25, 0.3) is 0 Å². The van der Waals surface area contributed by atoms with E-state index >= 15 is 0 Å². The molecule has 0 bridgehead atoms. The molecule has 0 aliphatic heterocycles. The van der Waals surface area contributed by atoms with Gasteiger partial charge in [0.05, 0.1) is 0 Å². The highest BCUT2D eigenvalue weighted by atomic mass is 16.2. The van der Waals surface area contributed by atoms with E-state index < -0.39 is 0 Å². The number of nitrogen functional groups attached to an aromatic ring is 1. The van der Waals surface area contributed by atoms with E-state index in [4.69, 9.17) is 5.84 Å². The molecule has 0 heterocycles. The molecular weight excluding hydrogens is 214 g/mol. The van der Waals surface area contributed by atoms with Crippen LogP contribution in [0.1, 0.15) is 36.7 Å². The normalized spacial score (nSPS) is 10.9. The fourth-order valence-corrected chi connectivity index (χ4v) is 1.84. The van der Waals surface area contributed by atoms with Crippen LogP contribution < -0.4 is 11.3 Å². The average Bonchev–Trinajstić information content (AvgIpc) is 2.35. The molecule has 3 N–H and O–H groups in total. The number of carbonyl (C=O) groups excluding carboxylic acids is 1. The molecule has 0 saturated carbocycles. The van der Waals surface area contributed by atoms with Crippen molar-refractivity contribution in [1.82, 2.24) is 10.3 Å². The molecule has 0 spiro atoms. The van der Waals surface area contributed by atoms with E-state index in [1.165, 1.54) is 0 Å². The van der Waals surface area contributed by atoms with Gasteiger partial charge in [0.25, 0.3) is 5.91 Å². The number of hydrogen-bond donors (Lipinski definition) is 2. The molecule has 1 rings (SSSR count). The summed E-state index contributed by atoms with van der Waals surface area (Å²) in [6.07, 6.45) is 0. The summed E-state index contributed by atoms with van der Waals surface area (Å²) in [6.45, 7) is 8.13. The number of nitrogens with zero attached hydrogens (tertiary/aromatic N) is 1. The number of nitrogens with one attached hydrogen (secondary N) is 1. The molecule has 0 radical (unpaired) electrons. The summed E-state index contributed by atoms with van der Waals surface area (Å²) < 4.78 is 0. The lowest BCUT2D eigenvalue weighted by Crippen LogP contribution is -2.33. The summed E-state index contributed by atoms with van der Waals surface area (Å²) >= 11 is 0. The van der Waals surface area contributed by atoms with E-state index in [0.717, 1.165) is 18.7 Å².